The van der Waals surface area contributed by atoms with Gasteiger partial charge in [-0.15, -0.1) is 0 Å². The van der Waals surface area contributed by atoms with Crippen molar-refractivity contribution in [3.05, 3.63) is 88.3 Å². The standard InChI is InChI=1S/C20H15ClFN5O2/c21-13-5-8-17(25-10-13)27-20(29)15-9-14(22)6-7-16(15)26-19(28)12-3-1-11(2-4-12)18(23)24/h1-10H,(H3,23,24)(H,26,28)(H,25,27,29). The van der Waals surface area contributed by atoms with E-state index in [1.54, 1.807) is 6.07 Å². The van der Waals surface area contributed by atoms with E-state index in [-0.39, 0.29) is 28.5 Å². The van der Waals surface area contributed by atoms with Crippen molar-refractivity contribution >= 4 is 40.8 Å². The van der Waals surface area contributed by atoms with E-state index in [0.717, 1.165) is 12.1 Å². The Labute approximate surface area is 170 Å². The van der Waals surface area contributed by atoms with Gasteiger partial charge >= 0.3 is 0 Å². The van der Waals surface area contributed by atoms with Crippen LogP contribution in [0, 0.1) is 11.2 Å². The number of aromatic nitrogens is 1. The fourth-order valence-electron chi connectivity index (χ4n) is 2.44. The van der Waals surface area contributed by atoms with Crippen LogP contribution in [0.2, 0.25) is 5.02 Å². The molecule has 7 nitrogen and oxygen atoms in total. The predicted molar refractivity (Wildman–Crippen MR) is 109 cm³/mol. The number of rotatable bonds is 5. The summed E-state index contributed by atoms with van der Waals surface area (Å²) in [4.78, 5) is 29.0. The molecule has 0 fully saturated rings. The van der Waals surface area contributed by atoms with Crippen molar-refractivity contribution in [3.8, 4) is 0 Å². The summed E-state index contributed by atoms with van der Waals surface area (Å²) in [5.74, 6) is -1.69. The molecule has 9 heteroatoms. The van der Waals surface area contributed by atoms with Gasteiger partial charge in [0.25, 0.3) is 11.8 Å². The molecule has 146 valence electrons. The lowest BCUT2D eigenvalue weighted by atomic mass is 10.1. The SMILES string of the molecule is N=C(N)c1ccc(C(=O)Nc2ccc(F)cc2C(=O)Nc2ccc(Cl)cn2)cc1. The molecule has 2 aromatic carbocycles. The summed E-state index contributed by atoms with van der Waals surface area (Å²) in [5, 5.41) is 12.9. The van der Waals surface area contributed by atoms with Gasteiger partial charge in [-0.1, -0.05) is 23.7 Å². The average molecular weight is 412 g/mol. The number of carbonyl (C=O) groups excluding carboxylic acids is 2. The Morgan fingerprint density at radius 3 is 2.28 bits per heavy atom. The minimum absolute atomic E-state index is 0.0737. The van der Waals surface area contributed by atoms with Crippen LogP contribution in [-0.2, 0) is 0 Å². The third-order valence-corrected chi connectivity index (χ3v) is 4.13. The first-order valence-electron chi connectivity index (χ1n) is 8.32. The number of hydrogen-bond acceptors (Lipinski definition) is 4. The fourth-order valence-corrected chi connectivity index (χ4v) is 2.55. The van der Waals surface area contributed by atoms with E-state index in [1.165, 1.54) is 42.6 Å². The maximum Gasteiger partial charge on any atom is 0.259 e. The number of pyridine rings is 1. The molecule has 1 heterocycles. The Morgan fingerprint density at radius 2 is 1.66 bits per heavy atom. The topological polar surface area (TPSA) is 121 Å². The molecule has 0 aliphatic heterocycles. The van der Waals surface area contributed by atoms with Gasteiger partial charge in [-0.3, -0.25) is 15.0 Å². The lowest BCUT2D eigenvalue weighted by Crippen LogP contribution is -2.19. The number of nitrogens with one attached hydrogen (secondary N) is 3. The molecule has 3 aromatic rings. The average Bonchev–Trinajstić information content (AvgIpc) is 2.71. The number of benzene rings is 2. The van der Waals surface area contributed by atoms with Crippen molar-refractivity contribution in [1.29, 1.82) is 5.41 Å². The van der Waals surface area contributed by atoms with E-state index in [2.05, 4.69) is 15.6 Å². The largest absolute Gasteiger partial charge is 0.384 e. The zero-order chi connectivity index (χ0) is 21.0. The molecule has 1 aromatic heterocycles. The third kappa shape index (κ3) is 4.94. The van der Waals surface area contributed by atoms with Gasteiger partial charge in [0.05, 0.1) is 16.3 Å². The molecule has 0 bridgehead atoms. The first-order chi connectivity index (χ1) is 13.8. The third-order valence-electron chi connectivity index (χ3n) is 3.90. The zero-order valence-electron chi connectivity index (χ0n) is 14.9. The first kappa shape index (κ1) is 20.0. The van der Waals surface area contributed by atoms with Gasteiger partial charge < -0.3 is 16.4 Å². The summed E-state index contributed by atoms with van der Waals surface area (Å²) in [6.45, 7) is 0. The second kappa shape index (κ2) is 8.49. The second-order valence-corrected chi connectivity index (χ2v) is 6.39. The highest BCUT2D eigenvalue weighted by Crippen LogP contribution is 2.20. The number of nitrogens with zero attached hydrogens (tertiary/aromatic N) is 1. The molecule has 0 aliphatic carbocycles. The van der Waals surface area contributed by atoms with E-state index >= 15 is 0 Å². The Kier molecular flexibility index (Phi) is 5.85. The van der Waals surface area contributed by atoms with Crippen molar-refractivity contribution in [2.45, 2.75) is 0 Å². The number of amidine groups is 1. The Morgan fingerprint density at radius 1 is 0.966 bits per heavy atom. The van der Waals surface area contributed by atoms with Crippen LogP contribution in [0.5, 0.6) is 0 Å². The van der Waals surface area contributed by atoms with Crippen LogP contribution in [0.15, 0.2) is 60.8 Å². The molecule has 0 saturated carbocycles. The van der Waals surface area contributed by atoms with Crippen molar-refractivity contribution in [1.82, 2.24) is 4.98 Å². The van der Waals surface area contributed by atoms with Crippen molar-refractivity contribution in [2.24, 2.45) is 5.73 Å². The summed E-state index contributed by atoms with van der Waals surface area (Å²) in [7, 11) is 0. The highest BCUT2D eigenvalue weighted by molar-refractivity contribution is 6.30. The maximum atomic E-state index is 13.7. The molecular weight excluding hydrogens is 397 g/mol. The van der Waals surface area contributed by atoms with Gasteiger partial charge in [-0.2, -0.15) is 0 Å². The van der Waals surface area contributed by atoms with Crippen LogP contribution < -0.4 is 16.4 Å². The van der Waals surface area contributed by atoms with Crippen LogP contribution >= 0.6 is 11.6 Å². The highest BCUT2D eigenvalue weighted by atomic mass is 35.5. The lowest BCUT2D eigenvalue weighted by Gasteiger charge is -2.12. The van der Waals surface area contributed by atoms with Gasteiger partial charge in [-0.05, 0) is 42.5 Å². The summed E-state index contributed by atoms with van der Waals surface area (Å²) in [6, 6.07) is 12.5. The number of carbonyl (C=O) groups is 2. The monoisotopic (exact) mass is 411 g/mol. The van der Waals surface area contributed by atoms with Crippen molar-refractivity contribution in [2.75, 3.05) is 10.6 Å². The number of halogens is 2. The van der Waals surface area contributed by atoms with E-state index in [1.807, 2.05) is 0 Å². The highest BCUT2D eigenvalue weighted by Gasteiger charge is 2.16. The molecule has 3 rings (SSSR count). The Hall–Kier alpha value is -3.78. The van der Waals surface area contributed by atoms with Crippen LogP contribution in [0.1, 0.15) is 26.3 Å². The smallest absolute Gasteiger partial charge is 0.259 e. The molecule has 29 heavy (non-hydrogen) atoms. The van der Waals surface area contributed by atoms with Crippen LogP contribution in [0.4, 0.5) is 15.9 Å². The van der Waals surface area contributed by atoms with Crippen molar-refractivity contribution < 1.29 is 14.0 Å². The second-order valence-electron chi connectivity index (χ2n) is 5.95. The number of nitrogens with two attached hydrogens (primary N) is 1. The summed E-state index contributed by atoms with van der Waals surface area (Å²) < 4.78 is 13.7. The zero-order valence-corrected chi connectivity index (χ0v) is 15.6. The molecule has 0 spiro atoms. The van der Waals surface area contributed by atoms with E-state index < -0.39 is 17.6 Å². The number of amides is 2. The predicted octanol–water partition coefficient (Wildman–Crippen LogP) is 3.66. The van der Waals surface area contributed by atoms with Gasteiger partial charge in [0.2, 0.25) is 0 Å². The normalized spacial score (nSPS) is 10.3. The van der Waals surface area contributed by atoms with Crippen molar-refractivity contribution in [3.63, 3.8) is 0 Å². The summed E-state index contributed by atoms with van der Waals surface area (Å²) in [6.07, 6.45) is 1.36. The molecule has 2 amide bonds. The number of anilines is 2. The molecule has 0 aliphatic rings. The number of nitrogen functional groups attached to an aromatic ring is 1. The fraction of sp³-hybridized carbons (Fsp3) is 0. The van der Waals surface area contributed by atoms with Crippen LogP contribution in [-0.4, -0.2) is 22.6 Å². The lowest BCUT2D eigenvalue weighted by molar-refractivity contribution is 0.102. The van der Waals surface area contributed by atoms with E-state index in [0.29, 0.717) is 10.6 Å². The van der Waals surface area contributed by atoms with E-state index in [9.17, 15) is 14.0 Å². The van der Waals surface area contributed by atoms with Gasteiger partial charge in [0.15, 0.2) is 0 Å². The molecule has 0 saturated heterocycles. The van der Waals surface area contributed by atoms with Crippen LogP contribution in [0.25, 0.3) is 0 Å². The maximum absolute atomic E-state index is 13.7. The Bertz CT molecular complexity index is 1090. The Balaban J connectivity index is 1.82. The molecule has 0 unspecified atom stereocenters. The number of hydrogen-bond donors (Lipinski definition) is 4. The minimum Gasteiger partial charge on any atom is -0.384 e. The molecule has 0 radical (unpaired) electrons. The first-order valence-corrected chi connectivity index (χ1v) is 8.69. The quantitative estimate of drug-likeness (QED) is 0.378. The summed E-state index contributed by atoms with van der Waals surface area (Å²) >= 11 is 5.76. The molecule has 0 atom stereocenters. The van der Waals surface area contributed by atoms with Gasteiger partial charge in [0.1, 0.15) is 17.5 Å². The van der Waals surface area contributed by atoms with E-state index in [4.69, 9.17) is 22.7 Å². The minimum atomic E-state index is -0.651. The molecular formula is C20H15ClFN5O2. The van der Waals surface area contributed by atoms with Gasteiger partial charge in [-0.25, -0.2) is 9.37 Å². The van der Waals surface area contributed by atoms with Crippen LogP contribution in [0.3, 0.4) is 0 Å². The molecule has 5 N–H and O–H groups in total. The summed E-state index contributed by atoms with van der Waals surface area (Å²) in [5.41, 5.74) is 6.20. The van der Waals surface area contributed by atoms with Gasteiger partial charge in [0, 0.05) is 17.3 Å².